The van der Waals surface area contributed by atoms with Crippen molar-refractivity contribution in [2.24, 2.45) is 0 Å². The third-order valence-corrected chi connectivity index (χ3v) is 5.08. The van der Waals surface area contributed by atoms with Crippen molar-refractivity contribution < 1.29 is 26.9 Å². The maximum atomic E-state index is 13.1. The van der Waals surface area contributed by atoms with E-state index in [4.69, 9.17) is 4.52 Å². The minimum absolute atomic E-state index is 0.0127. The molecule has 2 aromatic carbocycles. The standard InChI is InChI=1S/C23H18F4N4O2/c1-13-21(14(2)31(29-13)12-15-4-3-5-17(10-15)23(25,26)27)28-22(32)19-11-20(33-30-19)16-6-8-18(24)9-7-16/h3-11H,12H2,1-2H3,(H,28,32). The second-order valence-electron chi connectivity index (χ2n) is 7.44. The van der Waals surface area contributed by atoms with E-state index in [9.17, 15) is 22.4 Å². The third kappa shape index (κ3) is 4.79. The van der Waals surface area contributed by atoms with Gasteiger partial charge in [-0.05, 0) is 55.8 Å². The maximum Gasteiger partial charge on any atom is 0.416 e. The molecule has 2 heterocycles. The van der Waals surface area contributed by atoms with Crippen LogP contribution in [0.4, 0.5) is 23.2 Å². The van der Waals surface area contributed by atoms with Crippen LogP contribution >= 0.6 is 0 Å². The number of aryl methyl sites for hydroxylation is 1. The molecule has 0 saturated carbocycles. The summed E-state index contributed by atoms with van der Waals surface area (Å²) in [6.45, 7) is 3.49. The smallest absolute Gasteiger partial charge is 0.355 e. The van der Waals surface area contributed by atoms with Crippen molar-refractivity contribution in [3.05, 3.63) is 88.6 Å². The summed E-state index contributed by atoms with van der Waals surface area (Å²) in [5.74, 6) is -0.643. The Bertz CT molecular complexity index is 1310. The molecule has 0 unspecified atom stereocenters. The van der Waals surface area contributed by atoms with Gasteiger partial charge < -0.3 is 9.84 Å². The summed E-state index contributed by atoms with van der Waals surface area (Å²) < 4.78 is 58.8. The van der Waals surface area contributed by atoms with E-state index in [2.05, 4.69) is 15.6 Å². The molecule has 0 radical (unpaired) electrons. The van der Waals surface area contributed by atoms with Crippen LogP contribution < -0.4 is 5.32 Å². The molecule has 4 aromatic rings. The van der Waals surface area contributed by atoms with Crippen molar-refractivity contribution in [1.29, 1.82) is 0 Å². The molecule has 0 aliphatic rings. The number of nitrogens with zero attached hydrogens (tertiary/aromatic N) is 3. The van der Waals surface area contributed by atoms with Gasteiger partial charge in [0.1, 0.15) is 5.82 Å². The average molecular weight is 458 g/mol. The predicted octanol–water partition coefficient (Wildman–Crippen LogP) is 5.61. The Balaban J connectivity index is 1.52. The monoisotopic (exact) mass is 458 g/mol. The van der Waals surface area contributed by atoms with Crippen LogP contribution in [-0.4, -0.2) is 20.8 Å². The zero-order valence-corrected chi connectivity index (χ0v) is 17.6. The molecule has 0 atom stereocenters. The minimum atomic E-state index is -4.44. The van der Waals surface area contributed by atoms with E-state index in [1.165, 1.54) is 41.1 Å². The number of halogens is 4. The molecule has 0 bridgehead atoms. The van der Waals surface area contributed by atoms with Crippen LogP contribution in [0, 0.1) is 19.7 Å². The molecule has 33 heavy (non-hydrogen) atoms. The lowest BCUT2D eigenvalue weighted by molar-refractivity contribution is -0.137. The number of anilines is 1. The van der Waals surface area contributed by atoms with E-state index in [0.717, 1.165) is 12.1 Å². The van der Waals surface area contributed by atoms with Crippen molar-refractivity contribution in [1.82, 2.24) is 14.9 Å². The number of carbonyl (C=O) groups is 1. The molecule has 0 aliphatic heterocycles. The number of carbonyl (C=O) groups excluding carboxylic acids is 1. The first kappa shape index (κ1) is 22.3. The van der Waals surface area contributed by atoms with Crippen LogP contribution in [0.3, 0.4) is 0 Å². The Hall–Kier alpha value is -3.95. The molecule has 10 heteroatoms. The van der Waals surface area contributed by atoms with Gasteiger partial charge in [-0.1, -0.05) is 17.3 Å². The van der Waals surface area contributed by atoms with Gasteiger partial charge in [0.15, 0.2) is 11.5 Å². The lowest BCUT2D eigenvalue weighted by atomic mass is 10.1. The van der Waals surface area contributed by atoms with Crippen LogP contribution in [-0.2, 0) is 12.7 Å². The Labute approximate surface area is 185 Å². The molecule has 170 valence electrons. The molecule has 1 amide bonds. The van der Waals surface area contributed by atoms with Gasteiger partial charge >= 0.3 is 6.18 Å². The molecular formula is C23H18F4N4O2. The van der Waals surface area contributed by atoms with E-state index in [1.807, 2.05) is 0 Å². The predicted molar refractivity (Wildman–Crippen MR) is 112 cm³/mol. The van der Waals surface area contributed by atoms with E-state index in [-0.39, 0.29) is 12.2 Å². The number of hydrogen-bond acceptors (Lipinski definition) is 4. The highest BCUT2D eigenvalue weighted by Gasteiger charge is 2.30. The van der Waals surface area contributed by atoms with Gasteiger partial charge in [0.05, 0.1) is 29.2 Å². The normalized spacial score (nSPS) is 11.6. The summed E-state index contributed by atoms with van der Waals surface area (Å²) in [6.07, 6.45) is -4.44. The van der Waals surface area contributed by atoms with Crippen LogP contribution in [0.1, 0.15) is 33.0 Å². The van der Waals surface area contributed by atoms with Crippen molar-refractivity contribution >= 4 is 11.6 Å². The Morgan fingerprint density at radius 1 is 1.09 bits per heavy atom. The number of alkyl halides is 3. The van der Waals surface area contributed by atoms with Crippen molar-refractivity contribution in [2.75, 3.05) is 5.32 Å². The summed E-state index contributed by atoms with van der Waals surface area (Å²) in [4.78, 5) is 12.7. The van der Waals surface area contributed by atoms with Crippen molar-refractivity contribution in [3.63, 3.8) is 0 Å². The zero-order valence-electron chi connectivity index (χ0n) is 17.6. The fraction of sp³-hybridized carbons (Fsp3) is 0.174. The van der Waals surface area contributed by atoms with Gasteiger partial charge in [-0.15, -0.1) is 0 Å². The second-order valence-corrected chi connectivity index (χ2v) is 7.44. The first-order valence-corrected chi connectivity index (χ1v) is 9.86. The summed E-state index contributed by atoms with van der Waals surface area (Å²) in [7, 11) is 0. The Morgan fingerprint density at radius 2 is 1.82 bits per heavy atom. The molecular weight excluding hydrogens is 440 g/mol. The average Bonchev–Trinajstić information content (AvgIpc) is 3.35. The fourth-order valence-electron chi connectivity index (χ4n) is 3.36. The summed E-state index contributed by atoms with van der Waals surface area (Å²) >= 11 is 0. The van der Waals surface area contributed by atoms with Gasteiger partial charge in [-0.3, -0.25) is 9.48 Å². The lowest BCUT2D eigenvalue weighted by Crippen LogP contribution is -2.13. The van der Waals surface area contributed by atoms with Gasteiger partial charge in [0, 0.05) is 11.6 Å². The highest BCUT2D eigenvalue weighted by atomic mass is 19.4. The first-order valence-electron chi connectivity index (χ1n) is 9.86. The molecule has 2 aromatic heterocycles. The van der Waals surface area contributed by atoms with Crippen LogP contribution in [0.2, 0.25) is 0 Å². The zero-order chi connectivity index (χ0) is 23.8. The van der Waals surface area contributed by atoms with Crippen LogP contribution in [0.5, 0.6) is 0 Å². The van der Waals surface area contributed by atoms with Crippen molar-refractivity contribution in [2.45, 2.75) is 26.6 Å². The van der Waals surface area contributed by atoms with E-state index >= 15 is 0 Å². The molecule has 1 N–H and O–H groups in total. The van der Waals surface area contributed by atoms with Gasteiger partial charge in [0.2, 0.25) is 0 Å². The van der Waals surface area contributed by atoms with Gasteiger partial charge in [-0.2, -0.15) is 18.3 Å². The van der Waals surface area contributed by atoms with Gasteiger partial charge in [-0.25, -0.2) is 4.39 Å². The number of rotatable bonds is 5. The number of aromatic nitrogens is 3. The lowest BCUT2D eigenvalue weighted by Gasteiger charge is -2.10. The van der Waals surface area contributed by atoms with E-state index < -0.39 is 23.5 Å². The first-order chi connectivity index (χ1) is 15.6. The van der Waals surface area contributed by atoms with Gasteiger partial charge in [0.25, 0.3) is 5.91 Å². The van der Waals surface area contributed by atoms with Crippen LogP contribution in [0.15, 0.2) is 59.1 Å². The summed E-state index contributed by atoms with van der Waals surface area (Å²) in [5, 5.41) is 10.8. The second kappa shape index (κ2) is 8.53. The molecule has 6 nitrogen and oxygen atoms in total. The quantitative estimate of drug-likeness (QED) is 0.395. The van der Waals surface area contributed by atoms with Crippen LogP contribution in [0.25, 0.3) is 11.3 Å². The number of nitrogens with one attached hydrogen (secondary N) is 1. The fourth-order valence-corrected chi connectivity index (χ4v) is 3.36. The molecule has 0 fully saturated rings. The number of benzene rings is 2. The van der Waals surface area contributed by atoms with E-state index in [0.29, 0.717) is 34.0 Å². The third-order valence-electron chi connectivity index (χ3n) is 5.08. The number of hydrogen-bond donors (Lipinski definition) is 1. The largest absolute Gasteiger partial charge is 0.416 e. The van der Waals surface area contributed by atoms with Crippen molar-refractivity contribution in [3.8, 4) is 11.3 Å². The highest BCUT2D eigenvalue weighted by molar-refractivity contribution is 6.03. The molecule has 0 saturated heterocycles. The number of amides is 1. The molecule has 0 spiro atoms. The summed E-state index contributed by atoms with van der Waals surface area (Å²) in [5.41, 5.74) is 1.75. The minimum Gasteiger partial charge on any atom is -0.355 e. The molecule has 0 aliphatic carbocycles. The highest BCUT2D eigenvalue weighted by Crippen LogP contribution is 2.30. The maximum absolute atomic E-state index is 13.1. The SMILES string of the molecule is Cc1nn(Cc2cccc(C(F)(F)F)c2)c(C)c1NC(=O)c1cc(-c2ccc(F)cc2)on1. The summed E-state index contributed by atoms with van der Waals surface area (Å²) in [6, 6.07) is 12.0. The van der Waals surface area contributed by atoms with E-state index in [1.54, 1.807) is 19.9 Å². The Kier molecular flexibility index (Phi) is 5.75. The molecule has 4 rings (SSSR count). The Morgan fingerprint density at radius 3 is 2.52 bits per heavy atom. The topological polar surface area (TPSA) is 73.0 Å².